The Bertz CT molecular complexity index is 783. The third kappa shape index (κ3) is 4.59. The molecule has 0 unspecified atom stereocenters. The summed E-state index contributed by atoms with van der Waals surface area (Å²) in [6, 6.07) is 10.9. The van der Waals surface area contributed by atoms with Gasteiger partial charge in [-0.2, -0.15) is 0 Å². The molecule has 0 spiro atoms. The summed E-state index contributed by atoms with van der Waals surface area (Å²) >= 11 is 0. The Labute approximate surface area is 160 Å². The lowest BCUT2D eigenvalue weighted by atomic mass is 9.93. The predicted molar refractivity (Wildman–Crippen MR) is 104 cm³/mol. The zero-order chi connectivity index (χ0) is 19.4. The molecule has 0 radical (unpaired) electrons. The van der Waals surface area contributed by atoms with Crippen LogP contribution in [0.4, 0.5) is 0 Å². The SMILES string of the molecule is CC(C)CC[C@@H](C)NC(=O)[C@@H]1Cc2ccccc2CN1C(=O)c1ccco1. The molecule has 1 aromatic heterocycles. The molecule has 3 rings (SSSR count). The lowest BCUT2D eigenvalue weighted by molar-refractivity contribution is -0.126. The Balaban J connectivity index is 1.79. The van der Waals surface area contributed by atoms with Crippen LogP contribution in [-0.2, 0) is 17.8 Å². The highest BCUT2D eigenvalue weighted by molar-refractivity contribution is 5.96. The van der Waals surface area contributed by atoms with E-state index in [0.717, 1.165) is 24.0 Å². The van der Waals surface area contributed by atoms with E-state index < -0.39 is 6.04 Å². The minimum absolute atomic E-state index is 0.0811. The van der Waals surface area contributed by atoms with Gasteiger partial charge in [-0.3, -0.25) is 9.59 Å². The van der Waals surface area contributed by atoms with Crippen molar-refractivity contribution in [1.82, 2.24) is 10.2 Å². The first-order valence-electron chi connectivity index (χ1n) is 9.67. The standard InChI is InChI=1S/C22H28N2O3/c1-15(2)10-11-16(3)23-21(25)19-13-17-7-4-5-8-18(17)14-24(19)22(26)20-9-6-12-27-20/h4-9,12,15-16,19H,10-11,13-14H2,1-3H3,(H,23,25)/t16-,19+/m1/s1. The van der Waals surface area contributed by atoms with E-state index in [4.69, 9.17) is 4.42 Å². The average Bonchev–Trinajstić information content (AvgIpc) is 3.19. The van der Waals surface area contributed by atoms with Crippen molar-refractivity contribution in [3.63, 3.8) is 0 Å². The van der Waals surface area contributed by atoms with Gasteiger partial charge in [0.05, 0.1) is 6.26 Å². The van der Waals surface area contributed by atoms with Crippen LogP contribution in [-0.4, -0.2) is 28.8 Å². The molecule has 144 valence electrons. The Morgan fingerprint density at radius 3 is 2.52 bits per heavy atom. The normalized spacial score (nSPS) is 17.5. The molecular weight excluding hydrogens is 340 g/mol. The molecule has 2 amide bonds. The number of benzene rings is 1. The van der Waals surface area contributed by atoms with Crippen molar-refractivity contribution < 1.29 is 14.0 Å². The highest BCUT2D eigenvalue weighted by Gasteiger charge is 2.36. The Kier molecular flexibility index (Phi) is 5.99. The number of hydrogen-bond acceptors (Lipinski definition) is 3. The number of carbonyl (C=O) groups excluding carboxylic acids is 2. The van der Waals surface area contributed by atoms with Crippen LogP contribution in [0.25, 0.3) is 0 Å². The first-order chi connectivity index (χ1) is 13.0. The van der Waals surface area contributed by atoms with Crippen molar-refractivity contribution in [2.45, 2.75) is 58.7 Å². The number of amides is 2. The summed E-state index contributed by atoms with van der Waals surface area (Å²) in [5.74, 6) is 0.521. The molecule has 27 heavy (non-hydrogen) atoms. The fourth-order valence-corrected chi connectivity index (χ4v) is 3.51. The van der Waals surface area contributed by atoms with Gasteiger partial charge < -0.3 is 14.6 Å². The van der Waals surface area contributed by atoms with Gasteiger partial charge in [0.1, 0.15) is 6.04 Å². The first kappa shape index (κ1) is 19.2. The quantitative estimate of drug-likeness (QED) is 0.844. The molecule has 5 heteroatoms. The zero-order valence-corrected chi connectivity index (χ0v) is 16.3. The molecule has 0 aliphatic carbocycles. The van der Waals surface area contributed by atoms with Crippen LogP contribution in [0.5, 0.6) is 0 Å². The van der Waals surface area contributed by atoms with E-state index in [0.29, 0.717) is 18.9 Å². The minimum atomic E-state index is -0.529. The smallest absolute Gasteiger partial charge is 0.290 e. The van der Waals surface area contributed by atoms with Crippen LogP contribution in [0.15, 0.2) is 47.1 Å². The first-order valence-corrected chi connectivity index (χ1v) is 9.67. The van der Waals surface area contributed by atoms with Crippen LogP contribution in [0, 0.1) is 5.92 Å². The van der Waals surface area contributed by atoms with Crippen LogP contribution >= 0.6 is 0 Å². The second-order valence-corrected chi connectivity index (χ2v) is 7.78. The van der Waals surface area contributed by atoms with Gasteiger partial charge in [0.15, 0.2) is 5.76 Å². The maximum atomic E-state index is 13.0. The van der Waals surface area contributed by atoms with Gasteiger partial charge in [0.25, 0.3) is 5.91 Å². The summed E-state index contributed by atoms with van der Waals surface area (Å²) in [6.07, 6.45) is 3.99. The highest BCUT2D eigenvalue weighted by Crippen LogP contribution is 2.25. The maximum absolute atomic E-state index is 13.0. The fourth-order valence-electron chi connectivity index (χ4n) is 3.51. The second kappa shape index (κ2) is 8.42. The van der Waals surface area contributed by atoms with Gasteiger partial charge in [0.2, 0.25) is 5.91 Å². The van der Waals surface area contributed by atoms with Crippen LogP contribution in [0.2, 0.25) is 0 Å². The summed E-state index contributed by atoms with van der Waals surface area (Å²) < 4.78 is 5.29. The summed E-state index contributed by atoms with van der Waals surface area (Å²) in [6.45, 7) is 6.79. The van der Waals surface area contributed by atoms with Gasteiger partial charge in [-0.15, -0.1) is 0 Å². The van der Waals surface area contributed by atoms with Gasteiger partial charge in [-0.25, -0.2) is 0 Å². The monoisotopic (exact) mass is 368 g/mol. The van der Waals surface area contributed by atoms with Crippen molar-refractivity contribution in [2.24, 2.45) is 5.92 Å². The number of rotatable bonds is 6. The van der Waals surface area contributed by atoms with Crippen LogP contribution in [0.3, 0.4) is 0 Å². The number of fused-ring (bicyclic) bond motifs is 1. The lowest BCUT2D eigenvalue weighted by Crippen LogP contribution is -2.54. The molecule has 0 saturated heterocycles. The van der Waals surface area contributed by atoms with E-state index in [2.05, 4.69) is 19.2 Å². The lowest BCUT2D eigenvalue weighted by Gasteiger charge is -2.36. The topological polar surface area (TPSA) is 62.6 Å². The largest absolute Gasteiger partial charge is 0.459 e. The molecule has 0 bridgehead atoms. The van der Waals surface area contributed by atoms with Crippen molar-refractivity contribution in [3.05, 3.63) is 59.5 Å². The minimum Gasteiger partial charge on any atom is -0.459 e. The molecule has 1 N–H and O–H groups in total. The van der Waals surface area contributed by atoms with Gasteiger partial charge in [-0.1, -0.05) is 38.1 Å². The fraction of sp³-hybridized carbons (Fsp3) is 0.455. The van der Waals surface area contributed by atoms with Crippen molar-refractivity contribution >= 4 is 11.8 Å². The molecule has 0 saturated carbocycles. The third-order valence-corrected chi connectivity index (χ3v) is 5.11. The molecule has 2 aromatic rings. The Morgan fingerprint density at radius 2 is 1.85 bits per heavy atom. The second-order valence-electron chi connectivity index (χ2n) is 7.78. The van der Waals surface area contributed by atoms with Crippen molar-refractivity contribution in [2.75, 3.05) is 0 Å². The molecular formula is C22H28N2O3. The summed E-state index contributed by atoms with van der Waals surface area (Å²) in [5.41, 5.74) is 2.20. The number of carbonyl (C=O) groups is 2. The number of nitrogens with zero attached hydrogens (tertiary/aromatic N) is 1. The van der Waals surface area contributed by atoms with Crippen LogP contribution in [0.1, 0.15) is 55.3 Å². The molecule has 1 aromatic carbocycles. The van der Waals surface area contributed by atoms with E-state index in [1.54, 1.807) is 17.0 Å². The average molecular weight is 368 g/mol. The summed E-state index contributed by atoms with van der Waals surface area (Å²) in [5, 5.41) is 3.10. The van der Waals surface area contributed by atoms with E-state index in [1.807, 2.05) is 31.2 Å². The molecule has 5 nitrogen and oxygen atoms in total. The number of hydrogen-bond donors (Lipinski definition) is 1. The molecule has 0 fully saturated rings. The molecule has 1 aliphatic rings. The summed E-state index contributed by atoms with van der Waals surface area (Å²) in [7, 11) is 0. The maximum Gasteiger partial charge on any atom is 0.290 e. The highest BCUT2D eigenvalue weighted by atomic mass is 16.3. The predicted octanol–water partition coefficient (Wildman–Crippen LogP) is 3.79. The Morgan fingerprint density at radius 1 is 1.11 bits per heavy atom. The van der Waals surface area contributed by atoms with E-state index >= 15 is 0 Å². The number of furan rings is 1. The Hall–Kier alpha value is -2.56. The zero-order valence-electron chi connectivity index (χ0n) is 16.3. The molecule has 2 heterocycles. The third-order valence-electron chi connectivity index (χ3n) is 5.11. The van der Waals surface area contributed by atoms with E-state index in [9.17, 15) is 9.59 Å². The van der Waals surface area contributed by atoms with Gasteiger partial charge in [0, 0.05) is 19.0 Å². The van der Waals surface area contributed by atoms with Crippen molar-refractivity contribution in [3.8, 4) is 0 Å². The van der Waals surface area contributed by atoms with E-state index in [-0.39, 0.29) is 23.6 Å². The number of nitrogens with one attached hydrogen (secondary N) is 1. The molecule has 2 atom stereocenters. The van der Waals surface area contributed by atoms with Gasteiger partial charge >= 0.3 is 0 Å². The van der Waals surface area contributed by atoms with E-state index in [1.165, 1.54) is 6.26 Å². The summed E-state index contributed by atoms with van der Waals surface area (Å²) in [4.78, 5) is 27.6. The molecule has 1 aliphatic heterocycles. The van der Waals surface area contributed by atoms with Crippen molar-refractivity contribution in [1.29, 1.82) is 0 Å². The van der Waals surface area contributed by atoms with Gasteiger partial charge in [-0.05, 0) is 48.9 Å². The van der Waals surface area contributed by atoms with Crippen LogP contribution < -0.4 is 5.32 Å².